The Morgan fingerprint density at radius 3 is 2.94 bits per heavy atom. The summed E-state index contributed by atoms with van der Waals surface area (Å²) >= 11 is 1.10. The van der Waals surface area contributed by atoms with Crippen LogP contribution in [0.3, 0.4) is 0 Å². The maximum absolute atomic E-state index is 11.9. The Labute approximate surface area is 104 Å². The third-order valence-corrected chi connectivity index (χ3v) is 3.40. The third kappa shape index (κ3) is 3.05. The van der Waals surface area contributed by atoms with E-state index in [1.165, 1.54) is 0 Å². The third-order valence-electron chi connectivity index (χ3n) is 2.52. The van der Waals surface area contributed by atoms with Crippen molar-refractivity contribution in [2.45, 2.75) is 18.1 Å². The standard InChI is InChI=1S/C13H13NO2S/c1-9-8-10(5-6-11(9)15)13(16)17-12-4-2-3-7-14-12/h2-9,11,15H,1H3. The van der Waals surface area contributed by atoms with Gasteiger partial charge in [0, 0.05) is 17.7 Å². The number of carbonyl (C=O) groups is 1. The van der Waals surface area contributed by atoms with E-state index in [1.807, 2.05) is 19.1 Å². The molecule has 1 aromatic rings. The van der Waals surface area contributed by atoms with Crippen molar-refractivity contribution in [1.82, 2.24) is 4.98 Å². The van der Waals surface area contributed by atoms with Gasteiger partial charge in [0.2, 0.25) is 5.12 Å². The van der Waals surface area contributed by atoms with Gasteiger partial charge in [-0.25, -0.2) is 4.98 Å². The lowest BCUT2D eigenvalue weighted by Gasteiger charge is -2.16. The summed E-state index contributed by atoms with van der Waals surface area (Å²) in [6.45, 7) is 1.88. The Morgan fingerprint density at radius 1 is 1.47 bits per heavy atom. The summed E-state index contributed by atoms with van der Waals surface area (Å²) in [5, 5.41) is 10.1. The number of pyridine rings is 1. The molecule has 1 N–H and O–H groups in total. The van der Waals surface area contributed by atoms with E-state index in [1.54, 1.807) is 30.5 Å². The second kappa shape index (κ2) is 5.29. The van der Waals surface area contributed by atoms with E-state index in [9.17, 15) is 9.90 Å². The van der Waals surface area contributed by atoms with Gasteiger partial charge in [0.05, 0.1) is 6.10 Å². The summed E-state index contributed by atoms with van der Waals surface area (Å²) in [7, 11) is 0. The number of aliphatic hydroxyl groups excluding tert-OH is 1. The highest BCUT2D eigenvalue weighted by atomic mass is 32.2. The Bertz CT molecular complexity index is 468. The van der Waals surface area contributed by atoms with E-state index in [2.05, 4.69) is 4.98 Å². The van der Waals surface area contributed by atoms with Gasteiger partial charge in [-0.15, -0.1) is 0 Å². The number of thioether (sulfide) groups is 1. The Hall–Kier alpha value is -1.39. The number of aliphatic hydroxyl groups is 1. The van der Waals surface area contributed by atoms with Crippen LogP contribution < -0.4 is 0 Å². The molecule has 1 heterocycles. The molecule has 0 radical (unpaired) electrons. The van der Waals surface area contributed by atoms with Crippen LogP contribution in [0, 0.1) is 5.92 Å². The van der Waals surface area contributed by atoms with Gasteiger partial charge in [0.15, 0.2) is 0 Å². The molecule has 2 unspecified atom stereocenters. The van der Waals surface area contributed by atoms with Gasteiger partial charge in [-0.2, -0.15) is 0 Å². The van der Waals surface area contributed by atoms with Crippen LogP contribution in [0.4, 0.5) is 0 Å². The predicted molar refractivity (Wildman–Crippen MR) is 67.5 cm³/mol. The van der Waals surface area contributed by atoms with Gasteiger partial charge in [-0.05, 0) is 23.9 Å². The zero-order valence-electron chi connectivity index (χ0n) is 9.41. The molecule has 0 saturated heterocycles. The van der Waals surface area contributed by atoms with Crippen molar-refractivity contribution in [3.05, 3.63) is 48.2 Å². The predicted octanol–water partition coefficient (Wildman–Crippen LogP) is 2.19. The second-order valence-electron chi connectivity index (χ2n) is 3.89. The molecule has 17 heavy (non-hydrogen) atoms. The van der Waals surface area contributed by atoms with Crippen LogP contribution in [0.1, 0.15) is 6.92 Å². The zero-order valence-corrected chi connectivity index (χ0v) is 10.2. The minimum atomic E-state index is -0.494. The van der Waals surface area contributed by atoms with Crippen LogP contribution in [0.5, 0.6) is 0 Å². The van der Waals surface area contributed by atoms with Gasteiger partial charge in [0.1, 0.15) is 5.03 Å². The molecule has 0 aliphatic heterocycles. The van der Waals surface area contributed by atoms with E-state index >= 15 is 0 Å². The molecule has 0 saturated carbocycles. The largest absolute Gasteiger partial charge is 0.388 e. The topological polar surface area (TPSA) is 50.2 Å². The van der Waals surface area contributed by atoms with Crippen LogP contribution >= 0.6 is 11.8 Å². The molecule has 1 aliphatic carbocycles. The Morgan fingerprint density at radius 2 is 2.29 bits per heavy atom. The lowest BCUT2D eigenvalue weighted by Crippen LogP contribution is -2.17. The highest BCUT2D eigenvalue weighted by molar-refractivity contribution is 8.14. The number of allylic oxidation sites excluding steroid dienone is 1. The van der Waals surface area contributed by atoms with Crippen molar-refractivity contribution in [1.29, 1.82) is 0 Å². The minimum Gasteiger partial charge on any atom is -0.388 e. The van der Waals surface area contributed by atoms with Gasteiger partial charge in [-0.1, -0.05) is 31.2 Å². The molecule has 1 aliphatic rings. The fourth-order valence-corrected chi connectivity index (χ4v) is 2.22. The van der Waals surface area contributed by atoms with E-state index in [0.717, 1.165) is 11.8 Å². The molecule has 0 bridgehead atoms. The van der Waals surface area contributed by atoms with E-state index < -0.39 is 6.10 Å². The fraction of sp³-hybridized carbons (Fsp3) is 0.231. The first-order valence-electron chi connectivity index (χ1n) is 5.38. The van der Waals surface area contributed by atoms with Crippen LogP contribution in [0.15, 0.2) is 53.2 Å². The maximum atomic E-state index is 11.9. The summed E-state index contributed by atoms with van der Waals surface area (Å²) in [5.41, 5.74) is 0.624. The quantitative estimate of drug-likeness (QED) is 0.814. The molecular weight excluding hydrogens is 234 g/mol. The van der Waals surface area contributed by atoms with Gasteiger partial charge in [0.25, 0.3) is 0 Å². The number of rotatable bonds is 2. The highest BCUT2D eigenvalue weighted by Gasteiger charge is 2.18. The van der Waals surface area contributed by atoms with E-state index in [4.69, 9.17) is 0 Å². The first kappa shape index (κ1) is 12.1. The summed E-state index contributed by atoms with van der Waals surface area (Å²) in [4.78, 5) is 16.0. The molecule has 88 valence electrons. The smallest absolute Gasteiger partial charge is 0.225 e. The normalized spacial score (nSPS) is 23.3. The second-order valence-corrected chi connectivity index (χ2v) is 4.88. The molecule has 2 atom stereocenters. The van der Waals surface area contributed by atoms with Crippen LogP contribution in [-0.4, -0.2) is 21.3 Å². The molecule has 0 spiro atoms. The Kier molecular flexibility index (Phi) is 3.76. The molecule has 0 amide bonds. The van der Waals surface area contributed by atoms with Crippen molar-refractivity contribution in [2.24, 2.45) is 5.92 Å². The number of hydrogen-bond acceptors (Lipinski definition) is 4. The molecule has 4 heteroatoms. The van der Waals surface area contributed by atoms with Crippen molar-refractivity contribution in [3.8, 4) is 0 Å². The molecular formula is C13H13NO2S. The van der Waals surface area contributed by atoms with Crippen LogP contribution in [0.25, 0.3) is 0 Å². The monoisotopic (exact) mass is 247 g/mol. The average Bonchev–Trinajstić information content (AvgIpc) is 2.34. The summed E-state index contributed by atoms with van der Waals surface area (Å²) in [6.07, 6.45) is 6.28. The molecule has 0 fully saturated rings. The van der Waals surface area contributed by atoms with Crippen molar-refractivity contribution < 1.29 is 9.90 Å². The highest BCUT2D eigenvalue weighted by Crippen LogP contribution is 2.24. The van der Waals surface area contributed by atoms with Crippen LogP contribution in [0.2, 0.25) is 0 Å². The lowest BCUT2D eigenvalue weighted by atomic mass is 9.96. The van der Waals surface area contributed by atoms with E-state index in [-0.39, 0.29) is 11.0 Å². The number of hydrogen-bond donors (Lipinski definition) is 1. The van der Waals surface area contributed by atoms with Crippen molar-refractivity contribution in [3.63, 3.8) is 0 Å². The molecule has 0 aromatic carbocycles. The number of nitrogens with zero attached hydrogens (tertiary/aromatic N) is 1. The number of aromatic nitrogens is 1. The zero-order chi connectivity index (χ0) is 12.3. The van der Waals surface area contributed by atoms with Gasteiger partial charge in [-0.3, -0.25) is 4.79 Å². The van der Waals surface area contributed by atoms with Gasteiger partial charge >= 0.3 is 0 Å². The Balaban J connectivity index is 2.07. The molecule has 2 rings (SSSR count). The molecule has 1 aromatic heterocycles. The first-order valence-corrected chi connectivity index (χ1v) is 6.20. The van der Waals surface area contributed by atoms with Crippen molar-refractivity contribution >= 4 is 16.9 Å². The number of carbonyl (C=O) groups excluding carboxylic acids is 1. The van der Waals surface area contributed by atoms with Crippen molar-refractivity contribution in [2.75, 3.05) is 0 Å². The fourth-order valence-electron chi connectivity index (χ4n) is 1.51. The van der Waals surface area contributed by atoms with Crippen LogP contribution in [-0.2, 0) is 4.79 Å². The summed E-state index contributed by atoms with van der Waals surface area (Å²) in [5.74, 6) is -0.0247. The minimum absolute atomic E-state index is 0.0247. The first-order chi connectivity index (χ1) is 8.16. The molecule has 3 nitrogen and oxygen atoms in total. The maximum Gasteiger partial charge on any atom is 0.225 e. The van der Waals surface area contributed by atoms with Gasteiger partial charge < -0.3 is 5.11 Å². The SMILES string of the molecule is CC1C=C(C(=O)Sc2ccccn2)C=CC1O. The average molecular weight is 247 g/mol. The lowest BCUT2D eigenvalue weighted by molar-refractivity contribution is -0.107. The van der Waals surface area contributed by atoms with E-state index in [0.29, 0.717) is 10.6 Å². The summed E-state index contributed by atoms with van der Waals surface area (Å²) < 4.78 is 0. The summed E-state index contributed by atoms with van der Waals surface area (Å²) in [6, 6.07) is 5.46.